The Hall–Kier alpha value is -1.45. The number of rotatable bonds is 5. The van der Waals surface area contributed by atoms with Crippen molar-refractivity contribution >= 4 is 11.6 Å². The third-order valence-electron chi connectivity index (χ3n) is 3.03. The zero-order chi connectivity index (χ0) is 14.5. The lowest BCUT2D eigenvalue weighted by molar-refractivity contribution is 0.587. The highest BCUT2D eigenvalue weighted by molar-refractivity contribution is 6.33. The van der Waals surface area contributed by atoms with E-state index in [1.807, 2.05) is 0 Å². The average molecular weight is 296 g/mol. The third-order valence-corrected chi connectivity index (χ3v) is 3.36. The first-order valence-electron chi connectivity index (χ1n) is 6.56. The van der Waals surface area contributed by atoms with Gasteiger partial charge < -0.3 is 5.32 Å². The summed E-state index contributed by atoms with van der Waals surface area (Å²) in [6, 6.07) is 8.92. The molecule has 0 saturated carbocycles. The molecular weight excluding hydrogens is 280 g/mol. The zero-order valence-electron chi connectivity index (χ0n) is 11.2. The molecule has 0 spiro atoms. The molecule has 1 N–H and O–H groups in total. The predicted molar refractivity (Wildman–Crippen MR) is 78.8 cm³/mol. The summed E-state index contributed by atoms with van der Waals surface area (Å²) in [5, 5.41) is 3.55. The average Bonchev–Trinajstić information content (AvgIpc) is 2.43. The molecule has 20 heavy (non-hydrogen) atoms. The van der Waals surface area contributed by atoms with E-state index in [0.29, 0.717) is 28.3 Å². The van der Waals surface area contributed by atoms with E-state index in [1.165, 1.54) is 24.3 Å². The third kappa shape index (κ3) is 3.56. The van der Waals surface area contributed by atoms with Crippen LogP contribution in [0.15, 0.2) is 36.4 Å². The maximum Gasteiger partial charge on any atom is 0.128 e. The normalized spacial score (nSPS) is 10.8. The highest BCUT2D eigenvalue weighted by atomic mass is 35.5. The maximum atomic E-state index is 14.0. The fourth-order valence-electron chi connectivity index (χ4n) is 1.98. The summed E-state index contributed by atoms with van der Waals surface area (Å²) in [6.07, 6.45) is 0.999. The highest BCUT2D eigenvalue weighted by Crippen LogP contribution is 2.29. The molecule has 0 amide bonds. The molecule has 0 heterocycles. The molecule has 0 radical (unpaired) electrons. The number of halogens is 3. The van der Waals surface area contributed by atoms with Crippen LogP contribution in [0.5, 0.6) is 0 Å². The summed E-state index contributed by atoms with van der Waals surface area (Å²) in [7, 11) is 0. The van der Waals surface area contributed by atoms with E-state index in [9.17, 15) is 8.78 Å². The predicted octanol–water partition coefficient (Wildman–Crippen LogP) is 4.78. The summed E-state index contributed by atoms with van der Waals surface area (Å²) in [5.41, 5.74) is 1.67. The van der Waals surface area contributed by atoms with Gasteiger partial charge in [-0.3, -0.25) is 0 Å². The van der Waals surface area contributed by atoms with Crippen molar-refractivity contribution in [2.24, 2.45) is 0 Å². The number of hydrogen-bond donors (Lipinski definition) is 1. The zero-order valence-corrected chi connectivity index (χ0v) is 12.0. The minimum atomic E-state index is -0.390. The SMILES string of the molecule is CCCNCc1ccc(-c2cc(F)ccc2Cl)cc1F. The summed E-state index contributed by atoms with van der Waals surface area (Å²) < 4.78 is 27.3. The molecule has 0 aliphatic carbocycles. The number of benzene rings is 2. The molecule has 0 aromatic heterocycles. The van der Waals surface area contributed by atoms with Gasteiger partial charge >= 0.3 is 0 Å². The van der Waals surface area contributed by atoms with Crippen molar-refractivity contribution in [1.82, 2.24) is 5.32 Å². The second-order valence-corrected chi connectivity index (χ2v) is 5.01. The van der Waals surface area contributed by atoms with Gasteiger partial charge in [-0.25, -0.2) is 8.78 Å². The van der Waals surface area contributed by atoms with Crippen molar-refractivity contribution in [3.63, 3.8) is 0 Å². The topological polar surface area (TPSA) is 12.0 Å². The van der Waals surface area contributed by atoms with Gasteiger partial charge in [0.2, 0.25) is 0 Å². The molecule has 2 aromatic carbocycles. The van der Waals surface area contributed by atoms with Crippen molar-refractivity contribution in [3.05, 3.63) is 58.6 Å². The lowest BCUT2D eigenvalue weighted by Gasteiger charge is -2.09. The largest absolute Gasteiger partial charge is 0.313 e. The van der Waals surface area contributed by atoms with Gasteiger partial charge in [0.25, 0.3) is 0 Å². The van der Waals surface area contributed by atoms with Gasteiger partial charge in [-0.1, -0.05) is 30.7 Å². The Morgan fingerprint density at radius 2 is 1.90 bits per heavy atom. The lowest BCUT2D eigenvalue weighted by Crippen LogP contribution is -2.14. The maximum absolute atomic E-state index is 14.0. The Morgan fingerprint density at radius 3 is 2.60 bits per heavy atom. The van der Waals surface area contributed by atoms with E-state index in [-0.39, 0.29) is 5.82 Å². The first-order chi connectivity index (χ1) is 9.61. The first-order valence-corrected chi connectivity index (χ1v) is 6.94. The minimum Gasteiger partial charge on any atom is -0.313 e. The van der Waals surface area contributed by atoms with Crippen LogP contribution in [0.25, 0.3) is 11.1 Å². The fraction of sp³-hybridized carbons (Fsp3) is 0.250. The van der Waals surface area contributed by atoms with E-state index in [0.717, 1.165) is 13.0 Å². The van der Waals surface area contributed by atoms with Crippen LogP contribution in [0.4, 0.5) is 8.78 Å². The standard InChI is InChI=1S/C16H16ClF2N/c1-2-7-20-10-12-4-3-11(8-16(12)19)14-9-13(18)5-6-15(14)17/h3-6,8-9,20H,2,7,10H2,1H3. The van der Waals surface area contributed by atoms with Crippen LogP contribution in [0.3, 0.4) is 0 Å². The molecule has 106 valence electrons. The molecule has 0 unspecified atom stereocenters. The van der Waals surface area contributed by atoms with Crippen LogP contribution < -0.4 is 5.32 Å². The molecule has 4 heteroatoms. The van der Waals surface area contributed by atoms with Gasteiger partial charge in [-0.05, 0) is 42.8 Å². The molecule has 0 atom stereocenters. The van der Waals surface area contributed by atoms with Crippen molar-refractivity contribution in [3.8, 4) is 11.1 Å². The number of nitrogens with one attached hydrogen (secondary N) is 1. The van der Waals surface area contributed by atoms with Gasteiger partial charge in [0.1, 0.15) is 11.6 Å². The summed E-state index contributed by atoms with van der Waals surface area (Å²) in [6.45, 7) is 3.38. The van der Waals surface area contributed by atoms with Gasteiger partial charge in [0, 0.05) is 22.7 Å². The van der Waals surface area contributed by atoms with Crippen molar-refractivity contribution < 1.29 is 8.78 Å². The van der Waals surface area contributed by atoms with Crippen molar-refractivity contribution in [1.29, 1.82) is 0 Å². The monoisotopic (exact) mass is 295 g/mol. The summed E-state index contributed by atoms with van der Waals surface area (Å²) >= 11 is 6.02. The van der Waals surface area contributed by atoms with Gasteiger partial charge in [-0.2, -0.15) is 0 Å². The Bertz CT molecular complexity index is 599. The van der Waals surface area contributed by atoms with Crippen LogP contribution in [-0.2, 0) is 6.54 Å². The van der Waals surface area contributed by atoms with Crippen LogP contribution in [0.2, 0.25) is 5.02 Å². The van der Waals surface area contributed by atoms with E-state index in [2.05, 4.69) is 12.2 Å². The second kappa shape index (κ2) is 6.82. The van der Waals surface area contributed by atoms with Gasteiger partial charge in [0.15, 0.2) is 0 Å². The number of hydrogen-bond acceptors (Lipinski definition) is 1. The van der Waals surface area contributed by atoms with Gasteiger partial charge in [-0.15, -0.1) is 0 Å². The van der Waals surface area contributed by atoms with E-state index in [1.54, 1.807) is 12.1 Å². The molecule has 0 aliphatic heterocycles. The van der Waals surface area contributed by atoms with Crippen LogP contribution >= 0.6 is 11.6 Å². The Morgan fingerprint density at radius 1 is 1.10 bits per heavy atom. The molecular formula is C16H16ClF2N. The summed E-state index contributed by atoms with van der Waals surface area (Å²) in [4.78, 5) is 0. The molecule has 0 aliphatic rings. The summed E-state index contributed by atoms with van der Waals surface area (Å²) in [5.74, 6) is -0.704. The first kappa shape index (κ1) is 14.9. The minimum absolute atomic E-state index is 0.313. The molecule has 0 bridgehead atoms. The Kier molecular flexibility index (Phi) is 5.10. The molecule has 1 nitrogen and oxygen atoms in total. The molecule has 0 saturated heterocycles. The van der Waals surface area contributed by atoms with E-state index >= 15 is 0 Å². The fourth-order valence-corrected chi connectivity index (χ4v) is 2.20. The molecule has 2 aromatic rings. The quantitative estimate of drug-likeness (QED) is 0.782. The van der Waals surface area contributed by atoms with Crippen LogP contribution in [0.1, 0.15) is 18.9 Å². The Balaban J connectivity index is 2.26. The van der Waals surface area contributed by atoms with E-state index in [4.69, 9.17) is 11.6 Å². The Labute approximate surface area is 122 Å². The van der Waals surface area contributed by atoms with Gasteiger partial charge in [0.05, 0.1) is 0 Å². The smallest absolute Gasteiger partial charge is 0.128 e. The van der Waals surface area contributed by atoms with Crippen LogP contribution in [-0.4, -0.2) is 6.54 Å². The highest BCUT2D eigenvalue weighted by Gasteiger charge is 2.09. The van der Waals surface area contributed by atoms with E-state index < -0.39 is 5.82 Å². The molecule has 0 fully saturated rings. The second-order valence-electron chi connectivity index (χ2n) is 4.61. The lowest BCUT2D eigenvalue weighted by atomic mass is 10.0. The van der Waals surface area contributed by atoms with Crippen molar-refractivity contribution in [2.45, 2.75) is 19.9 Å². The molecule has 2 rings (SSSR count). The van der Waals surface area contributed by atoms with Crippen LogP contribution in [0, 0.1) is 11.6 Å². The van der Waals surface area contributed by atoms with Crippen molar-refractivity contribution in [2.75, 3.05) is 6.54 Å².